The minimum Gasteiger partial charge on any atom is -0.323 e. The third-order valence-electron chi connectivity index (χ3n) is 4.77. The molecule has 0 aromatic heterocycles. The van der Waals surface area contributed by atoms with Gasteiger partial charge >= 0.3 is 0 Å². The summed E-state index contributed by atoms with van der Waals surface area (Å²) >= 11 is 26.4. The van der Waals surface area contributed by atoms with Crippen LogP contribution >= 0.6 is 46.4 Å². The molecular formula is C17H22Cl4N2. The summed E-state index contributed by atoms with van der Waals surface area (Å²) in [7, 11) is 0. The Balaban J connectivity index is 2.39. The molecule has 2 rings (SSSR count). The van der Waals surface area contributed by atoms with Gasteiger partial charge in [-0.1, -0.05) is 61.4 Å². The first-order chi connectivity index (χ1) is 10.7. The van der Waals surface area contributed by atoms with Crippen LogP contribution in [-0.2, 0) is 0 Å². The smallest absolute Gasteiger partial charge is 0.0986 e. The highest BCUT2D eigenvalue weighted by Gasteiger charge is 2.41. The van der Waals surface area contributed by atoms with E-state index in [1.54, 1.807) is 0 Å². The lowest BCUT2D eigenvalue weighted by molar-refractivity contribution is 0.570. The topological polar surface area (TPSA) is 52.0 Å². The number of nitrogens with two attached hydrogens (primary N) is 2. The molecule has 0 fully saturated rings. The molecule has 0 heterocycles. The Hall–Kier alpha value is 0.0400. The first-order valence-electron chi connectivity index (χ1n) is 7.74. The fraction of sp³-hybridized carbons (Fsp3) is 0.529. The number of allylic oxidation sites excluding steroid dienone is 4. The Labute approximate surface area is 158 Å². The molecule has 23 heavy (non-hydrogen) atoms. The van der Waals surface area contributed by atoms with Gasteiger partial charge in [0.15, 0.2) is 0 Å². The molecule has 6 heteroatoms. The summed E-state index contributed by atoms with van der Waals surface area (Å²) in [4.78, 5) is -1.54. The third kappa shape index (κ3) is 3.27. The molecular weight excluding hydrogens is 374 g/mol. The second-order valence-corrected chi connectivity index (χ2v) is 8.16. The maximum atomic E-state index is 6.64. The molecule has 0 aliphatic heterocycles. The van der Waals surface area contributed by atoms with Crippen LogP contribution < -0.4 is 11.5 Å². The molecule has 0 amide bonds. The minimum absolute atomic E-state index is 0.312. The van der Waals surface area contributed by atoms with E-state index in [9.17, 15) is 0 Å². The molecule has 0 spiro atoms. The third-order valence-corrected chi connectivity index (χ3v) is 7.54. The molecule has 0 aromatic carbocycles. The van der Waals surface area contributed by atoms with Gasteiger partial charge in [0.25, 0.3) is 0 Å². The average Bonchev–Trinajstić information content (AvgIpc) is 2.55. The van der Waals surface area contributed by atoms with Crippen LogP contribution in [0, 0.1) is 0 Å². The van der Waals surface area contributed by atoms with Crippen LogP contribution in [0.3, 0.4) is 0 Å². The van der Waals surface area contributed by atoms with Crippen LogP contribution in [0.15, 0.2) is 45.5 Å². The van der Waals surface area contributed by atoms with E-state index in [2.05, 4.69) is 0 Å². The maximum absolute atomic E-state index is 6.64. The summed E-state index contributed by atoms with van der Waals surface area (Å²) in [6.45, 7) is 3.94. The van der Waals surface area contributed by atoms with Gasteiger partial charge in [-0.15, -0.1) is 23.2 Å². The zero-order chi connectivity index (χ0) is 17.4. The van der Waals surface area contributed by atoms with E-state index < -0.39 is 9.75 Å². The van der Waals surface area contributed by atoms with E-state index in [0.29, 0.717) is 29.3 Å². The van der Waals surface area contributed by atoms with Crippen LogP contribution in [0.25, 0.3) is 0 Å². The van der Waals surface area contributed by atoms with E-state index in [1.165, 1.54) is 0 Å². The zero-order valence-electron chi connectivity index (χ0n) is 13.3. The van der Waals surface area contributed by atoms with Crippen molar-refractivity contribution in [2.45, 2.75) is 54.9 Å². The molecule has 4 unspecified atom stereocenters. The van der Waals surface area contributed by atoms with Gasteiger partial charge in [0.1, 0.15) is 0 Å². The first kappa shape index (κ1) is 19.4. The van der Waals surface area contributed by atoms with Gasteiger partial charge in [0.05, 0.1) is 9.75 Å². The summed E-state index contributed by atoms with van der Waals surface area (Å²) in [5.74, 6) is 0. The lowest BCUT2D eigenvalue weighted by Gasteiger charge is -2.36. The van der Waals surface area contributed by atoms with E-state index in [4.69, 9.17) is 57.9 Å². The maximum Gasteiger partial charge on any atom is 0.0986 e. The number of hydrogen-bond acceptors (Lipinski definition) is 2. The summed E-state index contributed by atoms with van der Waals surface area (Å²) in [6, 6.07) is -0.624. The monoisotopic (exact) mass is 394 g/mol. The van der Waals surface area contributed by atoms with E-state index in [0.717, 1.165) is 11.1 Å². The lowest BCUT2D eigenvalue weighted by Crippen LogP contribution is -2.44. The Morgan fingerprint density at radius 2 is 1.22 bits per heavy atom. The predicted octanol–water partition coefficient (Wildman–Crippen LogP) is 4.93. The Morgan fingerprint density at radius 3 is 1.52 bits per heavy atom. The quantitative estimate of drug-likeness (QED) is 0.662. The van der Waals surface area contributed by atoms with Crippen LogP contribution in [-0.4, -0.2) is 21.8 Å². The van der Waals surface area contributed by atoms with Crippen LogP contribution in [0.5, 0.6) is 0 Å². The molecule has 2 nitrogen and oxygen atoms in total. The van der Waals surface area contributed by atoms with Crippen molar-refractivity contribution in [3.63, 3.8) is 0 Å². The van der Waals surface area contributed by atoms with Gasteiger partial charge in [0, 0.05) is 22.1 Å². The van der Waals surface area contributed by atoms with Crippen LogP contribution in [0.4, 0.5) is 0 Å². The minimum atomic E-state index is -0.768. The summed E-state index contributed by atoms with van der Waals surface area (Å²) in [5, 5.41) is 1.15. The van der Waals surface area contributed by atoms with Crippen molar-refractivity contribution in [3.05, 3.63) is 45.5 Å². The second kappa shape index (κ2) is 7.11. The van der Waals surface area contributed by atoms with Crippen molar-refractivity contribution < 1.29 is 0 Å². The second-order valence-electron chi connectivity index (χ2n) is 6.06. The SMILES string of the molecule is CCC1(Cl)C(Cl)=C(CC2=C(Cl)C(Cl)(CC)C(N)C=C2)C=CC1N. The van der Waals surface area contributed by atoms with E-state index >= 15 is 0 Å². The van der Waals surface area contributed by atoms with Crippen LogP contribution in [0.2, 0.25) is 0 Å². The molecule has 2 aliphatic carbocycles. The summed E-state index contributed by atoms with van der Waals surface area (Å²) < 4.78 is 0. The van der Waals surface area contributed by atoms with Gasteiger partial charge in [-0.25, -0.2) is 0 Å². The molecule has 2 aliphatic rings. The molecule has 0 aromatic rings. The van der Waals surface area contributed by atoms with Crippen molar-refractivity contribution in [2.24, 2.45) is 11.5 Å². The highest BCUT2D eigenvalue weighted by molar-refractivity contribution is 6.41. The standard InChI is InChI=1S/C17H22Cl4N2/c1-3-16(20)12(22)7-5-10(14(16)18)9-11-6-8-13(23)17(21,4-2)15(11)19/h5-8,12-13H,3-4,9,22-23H2,1-2H3. The predicted molar refractivity (Wildman–Crippen MR) is 102 cm³/mol. The van der Waals surface area contributed by atoms with E-state index in [-0.39, 0.29) is 12.1 Å². The van der Waals surface area contributed by atoms with Gasteiger partial charge < -0.3 is 11.5 Å². The molecule has 0 saturated heterocycles. The van der Waals surface area contributed by atoms with Gasteiger partial charge in [-0.2, -0.15) is 0 Å². The normalized spacial score (nSPS) is 37.7. The van der Waals surface area contributed by atoms with Crippen LogP contribution in [0.1, 0.15) is 33.1 Å². The van der Waals surface area contributed by atoms with Crippen molar-refractivity contribution in [2.75, 3.05) is 0 Å². The van der Waals surface area contributed by atoms with Gasteiger partial charge in [-0.3, -0.25) is 0 Å². The Bertz CT molecular complexity index is 556. The Morgan fingerprint density at radius 1 is 0.870 bits per heavy atom. The summed E-state index contributed by atoms with van der Waals surface area (Å²) in [5.41, 5.74) is 14.0. The molecule has 128 valence electrons. The van der Waals surface area contributed by atoms with Gasteiger partial charge in [0.2, 0.25) is 0 Å². The van der Waals surface area contributed by atoms with Gasteiger partial charge in [-0.05, 0) is 30.4 Å². The lowest BCUT2D eigenvalue weighted by atomic mass is 9.83. The number of hydrogen-bond donors (Lipinski definition) is 2. The Kier molecular flexibility index (Phi) is 5.99. The average molecular weight is 396 g/mol. The largest absolute Gasteiger partial charge is 0.323 e. The van der Waals surface area contributed by atoms with E-state index in [1.807, 2.05) is 38.2 Å². The molecule has 0 bridgehead atoms. The van der Waals surface area contributed by atoms with Crippen molar-refractivity contribution in [3.8, 4) is 0 Å². The zero-order valence-corrected chi connectivity index (χ0v) is 16.3. The highest BCUT2D eigenvalue weighted by atomic mass is 35.5. The molecule has 4 atom stereocenters. The molecule has 0 radical (unpaired) electrons. The highest BCUT2D eigenvalue weighted by Crippen LogP contribution is 2.45. The van der Waals surface area contributed by atoms with Crippen molar-refractivity contribution >= 4 is 46.4 Å². The summed E-state index contributed by atoms with van der Waals surface area (Å²) in [6.07, 6.45) is 9.45. The number of halogens is 4. The van der Waals surface area contributed by atoms with Crippen molar-refractivity contribution in [1.29, 1.82) is 0 Å². The number of alkyl halides is 2. The molecule has 0 saturated carbocycles. The fourth-order valence-electron chi connectivity index (χ4n) is 2.98. The number of rotatable bonds is 4. The molecule has 4 N–H and O–H groups in total. The van der Waals surface area contributed by atoms with Crippen molar-refractivity contribution in [1.82, 2.24) is 0 Å². The fourth-order valence-corrected chi connectivity index (χ4v) is 4.14. The first-order valence-corrected chi connectivity index (χ1v) is 9.25.